The predicted molar refractivity (Wildman–Crippen MR) is 113 cm³/mol. The first-order chi connectivity index (χ1) is 13.9. The molecule has 0 aliphatic rings. The van der Waals surface area contributed by atoms with Gasteiger partial charge in [0.25, 0.3) is 0 Å². The lowest BCUT2D eigenvalue weighted by Crippen LogP contribution is -2.19. The molecule has 0 aliphatic heterocycles. The summed E-state index contributed by atoms with van der Waals surface area (Å²) in [5.74, 6) is 0.969. The van der Waals surface area contributed by atoms with Crippen molar-refractivity contribution in [1.29, 1.82) is 0 Å². The van der Waals surface area contributed by atoms with Crippen LogP contribution in [-0.4, -0.2) is 12.2 Å². The second-order valence-electron chi connectivity index (χ2n) is 6.59. The maximum absolute atomic E-state index is 12.3. The normalized spacial score (nSPS) is 10.2. The molecule has 0 heterocycles. The fourth-order valence-corrected chi connectivity index (χ4v) is 2.65. The summed E-state index contributed by atoms with van der Waals surface area (Å²) in [4.78, 5) is 24.4. The van der Waals surface area contributed by atoms with E-state index in [0.717, 1.165) is 16.7 Å². The molecule has 3 rings (SSSR count). The van der Waals surface area contributed by atoms with Gasteiger partial charge in [-0.05, 0) is 61.7 Å². The van der Waals surface area contributed by atoms with Crippen molar-refractivity contribution < 1.29 is 19.1 Å². The Labute approximate surface area is 169 Å². The van der Waals surface area contributed by atoms with E-state index in [2.05, 4.69) is 10.6 Å². The van der Waals surface area contributed by atoms with E-state index in [-0.39, 0.29) is 0 Å². The number of carbonyl (C=O) groups is 2. The minimum Gasteiger partial charge on any atom is -0.410 e. The van der Waals surface area contributed by atoms with Crippen LogP contribution < -0.4 is 20.1 Å². The highest BCUT2D eigenvalue weighted by Crippen LogP contribution is 2.23. The van der Waals surface area contributed by atoms with Gasteiger partial charge >= 0.3 is 12.2 Å². The van der Waals surface area contributed by atoms with E-state index in [9.17, 15) is 9.59 Å². The highest BCUT2D eigenvalue weighted by atomic mass is 16.6. The number of rotatable bonds is 4. The zero-order chi connectivity index (χ0) is 20.8. The third-order valence-corrected chi connectivity index (χ3v) is 4.31. The second-order valence-corrected chi connectivity index (χ2v) is 6.59. The number of nitrogens with one attached hydrogen (secondary N) is 2. The van der Waals surface area contributed by atoms with Gasteiger partial charge in [0.2, 0.25) is 0 Å². The van der Waals surface area contributed by atoms with E-state index in [4.69, 9.17) is 9.47 Å². The number of carbonyl (C=O) groups excluding carboxylic acids is 2. The highest BCUT2D eigenvalue weighted by molar-refractivity contribution is 5.91. The Kier molecular flexibility index (Phi) is 6.14. The fourth-order valence-electron chi connectivity index (χ4n) is 2.65. The summed E-state index contributed by atoms with van der Waals surface area (Å²) in [5, 5.41) is 5.37. The van der Waals surface area contributed by atoms with Crippen molar-refractivity contribution in [3.8, 4) is 11.5 Å². The van der Waals surface area contributed by atoms with Gasteiger partial charge in [-0.15, -0.1) is 0 Å². The largest absolute Gasteiger partial charge is 0.417 e. The van der Waals surface area contributed by atoms with Crippen LogP contribution in [0.4, 0.5) is 21.0 Å². The van der Waals surface area contributed by atoms with Crippen molar-refractivity contribution in [1.82, 2.24) is 0 Å². The van der Waals surface area contributed by atoms with Crippen LogP contribution in [0, 0.1) is 20.8 Å². The molecule has 2 amide bonds. The van der Waals surface area contributed by atoms with Crippen LogP contribution in [0.15, 0.2) is 66.7 Å². The van der Waals surface area contributed by atoms with Gasteiger partial charge in [-0.2, -0.15) is 0 Å². The zero-order valence-corrected chi connectivity index (χ0v) is 16.5. The van der Waals surface area contributed by atoms with E-state index in [1.165, 1.54) is 0 Å². The van der Waals surface area contributed by atoms with E-state index < -0.39 is 12.2 Å². The standard InChI is InChI=1S/C23H22N2O4/c1-15-12-13-18(24-22(26)28-20-10-6-4-8-16(20)2)14-19(15)25-23(27)29-21-11-7-5-9-17(21)3/h4-14H,1-3H3,(H,24,26)(H,25,27). The molecule has 3 aromatic rings. The summed E-state index contributed by atoms with van der Waals surface area (Å²) >= 11 is 0. The molecule has 0 saturated carbocycles. The summed E-state index contributed by atoms with van der Waals surface area (Å²) in [6.07, 6.45) is -1.22. The first-order valence-corrected chi connectivity index (χ1v) is 9.12. The molecule has 0 atom stereocenters. The molecule has 0 bridgehead atoms. The first-order valence-electron chi connectivity index (χ1n) is 9.12. The number of para-hydroxylation sites is 2. The number of hydrogen-bond acceptors (Lipinski definition) is 4. The van der Waals surface area contributed by atoms with Crippen LogP contribution >= 0.6 is 0 Å². The number of hydrogen-bond donors (Lipinski definition) is 2. The summed E-state index contributed by atoms with van der Waals surface area (Å²) in [6.45, 7) is 5.56. The first kappa shape index (κ1) is 19.9. The molecule has 29 heavy (non-hydrogen) atoms. The van der Waals surface area contributed by atoms with Gasteiger partial charge < -0.3 is 9.47 Å². The average molecular weight is 390 g/mol. The van der Waals surface area contributed by atoms with E-state index in [1.807, 2.05) is 45.0 Å². The van der Waals surface area contributed by atoms with Crippen molar-refractivity contribution in [3.05, 3.63) is 83.4 Å². The fraction of sp³-hybridized carbons (Fsp3) is 0.130. The van der Waals surface area contributed by atoms with Gasteiger partial charge in [0.05, 0.1) is 0 Å². The Hall–Kier alpha value is -3.80. The Bertz CT molecular complexity index is 1050. The lowest BCUT2D eigenvalue weighted by atomic mass is 10.2. The minimum atomic E-state index is -0.614. The summed E-state index contributed by atoms with van der Waals surface area (Å²) in [6, 6.07) is 19.7. The SMILES string of the molecule is Cc1ccc(NC(=O)Oc2ccccc2C)cc1NC(=O)Oc1ccccc1C. The molecule has 0 radical (unpaired) electrons. The van der Waals surface area contributed by atoms with Crippen LogP contribution in [0.2, 0.25) is 0 Å². The third-order valence-electron chi connectivity index (χ3n) is 4.31. The summed E-state index contributed by atoms with van der Waals surface area (Å²) < 4.78 is 10.7. The maximum Gasteiger partial charge on any atom is 0.417 e. The third kappa shape index (κ3) is 5.35. The van der Waals surface area contributed by atoms with Gasteiger partial charge in [-0.3, -0.25) is 10.6 Å². The predicted octanol–water partition coefficient (Wildman–Crippen LogP) is 5.83. The quantitative estimate of drug-likeness (QED) is 0.587. The molecule has 2 N–H and O–H groups in total. The Balaban J connectivity index is 1.66. The van der Waals surface area contributed by atoms with E-state index >= 15 is 0 Å². The molecule has 0 unspecified atom stereocenters. The summed E-state index contributed by atoms with van der Waals surface area (Å²) in [7, 11) is 0. The number of anilines is 2. The number of ether oxygens (including phenoxy) is 2. The molecule has 148 valence electrons. The minimum absolute atomic E-state index is 0.484. The molecule has 0 saturated heterocycles. The number of benzene rings is 3. The van der Waals surface area contributed by atoms with Crippen LogP contribution in [0.1, 0.15) is 16.7 Å². The smallest absolute Gasteiger partial charge is 0.410 e. The van der Waals surface area contributed by atoms with Crippen molar-refractivity contribution >= 4 is 23.6 Å². The van der Waals surface area contributed by atoms with Crippen LogP contribution in [-0.2, 0) is 0 Å². The van der Waals surface area contributed by atoms with Gasteiger partial charge in [0, 0.05) is 11.4 Å². The molecular weight excluding hydrogens is 368 g/mol. The Morgan fingerprint density at radius 1 is 0.655 bits per heavy atom. The topological polar surface area (TPSA) is 76.7 Å². The molecule has 6 nitrogen and oxygen atoms in total. The average Bonchev–Trinajstić information content (AvgIpc) is 2.68. The Morgan fingerprint density at radius 3 is 1.72 bits per heavy atom. The number of amides is 2. The monoisotopic (exact) mass is 390 g/mol. The molecular formula is C23H22N2O4. The van der Waals surface area contributed by atoms with E-state index in [1.54, 1.807) is 42.5 Å². The van der Waals surface area contributed by atoms with Crippen LogP contribution in [0.25, 0.3) is 0 Å². The van der Waals surface area contributed by atoms with Crippen molar-refractivity contribution in [2.24, 2.45) is 0 Å². The van der Waals surface area contributed by atoms with Crippen molar-refractivity contribution in [2.75, 3.05) is 10.6 Å². The Morgan fingerprint density at radius 2 is 1.17 bits per heavy atom. The highest BCUT2D eigenvalue weighted by Gasteiger charge is 2.12. The molecule has 3 aromatic carbocycles. The molecule has 6 heteroatoms. The van der Waals surface area contributed by atoms with Gasteiger partial charge in [-0.25, -0.2) is 9.59 Å². The molecule has 0 fully saturated rings. The molecule has 0 spiro atoms. The second kappa shape index (κ2) is 8.93. The lowest BCUT2D eigenvalue weighted by molar-refractivity contribution is 0.214. The zero-order valence-electron chi connectivity index (χ0n) is 16.5. The van der Waals surface area contributed by atoms with E-state index in [0.29, 0.717) is 22.9 Å². The lowest BCUT2D eigenvalue weighted by Gasteiger charge is -2.13. The van der Waals surface area contributed by atoms with Gasteiger partial charge in [-0.1, -0.05) is 42.5 Å². The molecule has 0 aliphatic carbocycles. The molecule has 0 aromatic heterocycles. The van der Waals surface area contributed by atoms with Gasteiger partial charge in [0.15, 0.2) is 0 Å². The van der Waals surface area contributed by atoms with Crippen LogP contribution in [0.5, 0.6) is 11.5 Å². The maximum atomic E-state index is 12.3. The number of aryl methyl sites for hydroxylation is 3. The van der Waals surface area contributed by atoms with Crippen LogP contribution in [0.3, 0.4) is 0 Å². The van der Waals surface area contributed by atoms with Crippen molar-refractivity contribution in [2.45, 2.75) is 20.8 Å². The summed E-state index contributed by atoms with van der Waals surface area (Å²) in [5.41, 5.74) is 3.55. The van der Waals surface area contributed by atoms with Gasteiger partial charge in [0.1, 0.15) is 11.5 Å². The van der Waals surface area contributed by atoms with Crippen molar-refractivity contribution in [3.63, 3.8) is 0 Å².